The largest absolute Gasteiger partial charge is 0.382 e. The Hall–Kier alpha value is -2.11. The molecule has 0 radical (unpaired) electrons. The van der Waals surface area contributed by atoms with Crippen molar-refractivity contribution in [2.45, 2.75) is 26.2 Å². The highest BCUT2D eigenvalue weighted by atomic mass is 16.6. The lowest BCUT2D eigenvalue weighted by atomic mass is 10.1. The van der Waals surface area contributed by atoms with Crippen molar-refractivity contribution in [3.8, 4) is 0 Å². The number of anilines is 1. The van der Waals surface area contributed by atoms with Crippen molar-refractivity contribution >= 4 is 17.3 Å². The third-order valence-corrected chi connectivity index (χ3v) is 2.80. The highest BCUT2D eigenvalue weighted by molar-refractivity contribution is 6.01. The third-order valence-electron chi connectivity index (χ3n) is 2.80. The van der Waals surface area contributed by atoms with Crippen LogP contribution in [0, 0.1) is 10.1 Å². The van der Waals surface area contributed by atoms with Gasteiger partial charge < -0.3 is 10.6 Å². The van der Waals surface area contributed by atoms with Gasteiger partial charge in [-0.3, -0.25) is 14.9 Å². The fourth-order valence-corrected chi connectivity index (χ4v) is 1.82. The van der Waals surface area contributed by atoms with Crippen LogP contribution in [0.2, 0.25) is 0 Å². The number of para-hydroxylation sites is 1. The Morgan fingerprint density at radius 1 is 1.37 bits per heavy atom. The van der Waals surface area contributed by atoms with Crippen molar-refractivity contribution in [2.75, 3.05) is 18.9 Å². The molecular formula is C13H19N3O3. The van der Waals surface area contributed by atoms with Gasteiger partial charge in [-0.05, 0) is 12.5 Å². The minimum absolute atomic E-state index is 0.0938. The van der Waals surface area contributed by atoms with E-state index in [0.29, 0.717) is 12.1 Å². The van der Waals surface area contributed by atoms with Gasteiger partial charge in [0.05, 0.1) is 10.5 Å². The summed E-state index contributed by atoms with van der Waals surface area (Å²) in [6.07, 6.45) is 3.04. The lowest BCUT2D eigenvalue weighted by Crippen LogP contribution is -2.25. The number of carbonyl (C=O) groups is 1. The number of carbonyl (C=O) groups excluding carboxylic acids is 1. The van der Waals surface area contributed by atoms with Crippen molar-refractivity contribution in [1.29, 1.82) is 0 Å². The highest BCUT2D eigenvalue weighted by Crippen LogP contribution is 2.27. The molecular weight excluding hydrogens is 246 g/mol. The Bertz CT molecular complexity index is 460. The monoisotopic (exact) mass is 265 g/mol. The molecule has 0 saturated carbocycles. The fraction of sp³-hybridized carbons (Fsp3) is 0.462. The number of benzene rings is 1. The summed E-state index contributed by atoms with van der Waals surface area (Å²) in [4.78, 5) is 22.4. The standard InChI is InChI=1S/C13H19N3O3/c1-3-4-5-9-15-13(17)10-7-6-8-11(16(18)19)12(10)14-2/h6-8,14H,3-5,9H2,1-2H3,(H,15,17). The highest BCUT2D eigenvalue weighted by Gasteiger charge is 2.20. The molecule has 0 bridgehead atoms. The molecule has 104 valence electrons. The van der Waals surface area contributed by atoms with E-state index in [2.05, 4.69) is 17.6 Å². The number of hydrogen-bond donors (Lipinski definition) is 2. The Morgan fingerprint density at radius 2 is 2.11 bits per heavy atom. The maximum atomic E-state index is 12.0. The lowest BCUT2D eigenvalue weighted by molar-refractivity contribution is -0.384. The average Bonchev–Trinajstić information content (AvgIpc) is 2.42. The fourth-order valence-electron chi connectivity index (χ4n) is 1.82. The zero-order chi connectivity index (χ0) is 14.3. The Balaban J connectivity index is 2.84. The lowest BCUT2D eigenvalue weighted by Gasteiger charge is -2.09. The van der Waals surface area contributed by atoms with Crippen molar-refractivity contribution in [2.24, 2.45) is 0 Å². The summed E-state index contributed by atoms with van der Waals surface area (Å²) in [5.41, 5.74) is 0.456. The van der Waals surface area contributed by atoms with E-state index in [1.54, 1.807) is 13.1 Å². The zero-order valence-electron chi connectivity index (χ0n) is 11.2. The third kappa shape index (κ3) is 3.94. The predicted octanol–water partition coefficient (Wildman–Crippen LogP) is 2.56. The topological polar surface area (TPSA) is 84.3 Å². The molecule has 6 nitrogen and oxygen atoms in total. The maximum Gasteiger partial charge on any atom is 0.293 e. The molecule has 6 heteroatoms. The van der Waals surface area contributed by atoms with Crippen LogP contribution in [-0.2, 0) is 0 Å². The summed E-state index contributed by atoms with van der Waals surface area (Å²) in [6, 6.07) is 4.47. The quantitative estimate of drug-likeness (QED) is 0.451. The van der Waals surface area contributed by atoms with Crippen LogP contribution >= 0.6 is 0 Å². The van der Waals surface area contributed by atoms with Crippen molar-refractivity contribution < 1.29 is 9.72 Å². The van der Waals surface area contributed by atoms with Crippen LogP contribution in [-0.4, -0.2) is 24.4 Å². The second kappa shape index (κ2) is 7.35. The van der Waals surface area contributed by atoms with E-state index < -0.39 is 4.92 Å². The number of amides is 1. The molecule has 0 atom stereocenters. The number of unbranched alkanes of at least 4 members (excludes halogenated alkanes) is 2. The summed E-state index contributed by atoms with van der Waals surface area (Å²) in [7, 11) is 1.57. The van der Waals surface area contributed by atoms with E-state index >= 15 is 0 Å². The zero-order valence-corrected chi connectivity index (χ0v) is 11.2. The van der Waals surface area contributed by atoms with Crippen LogP contribution in [0.3, 0.4) is 0 Å². The molecule has 1 aromatic carbocycles. The first-order chi connectivity index (χ1) is 9.11. The smallest absolute Gasteiger partial charge is 0.293 e. The van der Waals surface area contributed by atoms with Gasteiger partial charge in [0.2, 0.25) is 0 Å². The molecule has 1 amide bonds. The number of rotatable bonds is 7. The summed E-state index contributed by atoms with van der Waals surface area (Å²) in [5.74, 6) is -0.288. The van der Waals surface area contributed by atoms with E-state index in [9.17, 15) is 14.9 Å². The molecule has 0 aliphatic heterocycles. The summed E-state index contributed by atoms with van der Waals surface area (Å²) < 4.78 is 0. The van der Waals surface area contributed by atoms with Gasteiger partial charge in [0.25, 0.3) is 11.6 Å². The van der Waals surface area contributed by atoms with Crippen LogP contribution in [0.5, 0.6) is 0 Å². The molecule has 0 fully saturated rings. The van der Waals surface area contributed by atoms with Gasteiger partial charge in [-0.15, -0.1) is 0 Å². The van der Waals surface area contributed by atoms with Crippen molar-refractivity contribution in [3.05, 3.63) is 33.9 Å². The number of hydrogen-bond acceptors (Lipinski definition) is 4. The van der Waals surface area contributed by atoms with Gasteiger partial charge in [0.1, 0.15) is 5.69 Å². The van der Waals surface area contributed by atoms with Gasteiger partial charge in [-0.2, -0.15) is 0 Å². The first kappa shape index (κ1) is 14.9. The van der Waals surface area contributed by atoms with E-state index in [-0.39, 0.29) is 17.3 Å². The Labute approximate surface area is 112 Å². The SMILES string of the molecule is CCCCCNC(=O)c1cccc([N+](=O)[O-])c1NC. The van der Waals surface area contributed by atoms with Gasteiger partial charge >= 0.3 is 0 Å². The molecule has 1 rings (SSSR count). The molecule has 0 aromatic heterocycles. The van der Waals surface area contributed by atoms with E-state index in [4.69, 9.17) is 0 Å². The van der Waals surface area contributed by atoms with Crippen LogP contribution in [0.4, 0.5) is 11.4 Å². The molecule has 0 aliphatic rings. The number of nitro benzene ring substituents is 1. The normalized spacial score (nSPS) is 10.0. The second-order valence-electron chi connectivity index (χ2n) is 4.17. The molecule has 1 aromatic rings. The predicted molar refractivity (Wildman–Crippen MR) is 74.5 cm³/mol. The van der Waals surface area contributed by atoms with E-state index in [1.807, 2.05) is 0 Å². The van der Waals surface area contributed by atoms with Crippen LogP contribution in [0.15, 0.2) is 18.2 Å². The number of nitrogens with one attached hydrogen (secondary N) is 2. The van der Waals surface area contributed by atoms with Crippen molar-refractivity contribution in [3.63, 3.8) is 0 Å². The first-order valence-electron chi connectivity index (χ1n) is 6.35. The van der Waals surface area contributed by atoms with Crippen LogP contribution < -0.4 is 10.6 Å². The van der Waals surface area contributed by atoms with Gasteiger partial charge in [0, 0.05) is 19.7 Å². The molecule has 0 unspecified atom stereocenters. The molecule has 0 saturated heterocycles. The molecule has 0 aliphatic carbocycles. The average molecular weight is 265 g/mol. The van der Waals surface area contributed by atoms with E-state index in [1.165, 1.54) is 12.1 Å². The number of nitro groups is 1. The summed E-state index contributed by atoms with van der Waals surface area (Å²) in [6.45, 7) is 2.67. The van der Waals surface area contributed by atoms with Gasteiger partial charge in [0.15, 0.2) is 0 Å². The minimum Gasteiger partial charge on any atom is -0.382 e. The Kier molecular flexibility index (Phi) is 5.78. The van der Waals surface area contributed by atoms with Crippen LogP contribution in [0.25, 0.3) is 0 Å². The van der Waals surface area contributed by atoms with E-state index in [0.717, 1.165) is 19.3 Å². The summed E-state index contributed by atoms with van der Waals surface area (Å²) in [5, 5.41) is 16.4. The van der Waals surface area contributed by atoms with Crippen LogP contribution in [0.1, 0.15) is 36.5 Å². The molecule has 19 heavy (non-hydrogen) atoms. The first-order valence-corrected chi connectivity index (χ1v) is 6.35. The second-order valence-corrected chi connectivity index (χ2v) is 4.17. The number of nitrogens with zero attached hydrogens (tertiary/aromatic N) is 1. The maximum absolute atomic E-state index is 12.0. The van der Waals surface area contributed by atoms with Gasteiger partial charge in [-0.25, -0.2) is 0 Å². The van der Waals surface area contributed by atoms with Gasteiger partial charge in [-0.1, -0.05) is 25.8 Å². The minimum atomic E-state index is -0.500. The Morgan fingerprint density at radius 3 is 2.68 bits per heavy atom. The molecule has 0 heterocycles. The summed E-state index contributed by atoms with van der Waals surface area (Å²) >= 11 is 0. The van der Waals surface area contributed by atoms with Crippen molar-refractivity contribution in [1.82, 2.24) is 5.32 Å². The molecule has 2 N–H and O–H groups in total. The molecule has 0 spiro atoms.